The highest BCUT2D eigenvalue weighted by Gasteiger charge is 2.53. The Hall–Kier alpha value is -3.17. The minimum absolute atomic E-state index is 0.0821. The molecule has 1 aliphatic carbocycles. The molecule has 3 aromatic rings. The number of benzene rings is 2. The molecule has 2 heterocycles. The summed E-state index contributed by atoms with van der Waals surface area (Å²) in [5.74, 6) is 1.02. The Morgan fingerprint density at radius 1 is 1.11 bits per heavy atom. The Balaban J connectivity index is 0.000000197. The van der Waals surface area contributed by atoms with E-state index >= 15 is 0 Å². The molecule has 0 bridgehead atoms. The van der Waals surface area contributed by atoms with Gasteiger partial charge in [0.2, 0.25) is 0 Å². The van der Waals surface area contributed by atoms with Crippen molar-refractivity contribution >= 4 is 16.9 Å². The van der Waals surface area contributed by atoms with E-state index < -0.39 is 12.3 Å². The van der Waals surface area contributed by atoms with Crippen LogP contribution in [0.25, 0.3) is 16.2 Å². The predicted octanol–water partition coefficient (Wildman–Crippen LogP) is 5.98. The van der Waals surface area contributed by atoms with E-state index in [4.69, 9.17) is 5.11 Å². The van der Waals surface area contributed by atoms with Crippen LogP contribution in [0.1, 0.15) is 29.9 Å². The van der Waals surface area contributed by atoms with Crippen LogP contribution in [0.15, 0.2) is 60.7 Å². The third-order valence-electron chi connectivity index (χ3n) is 6.71. The van der Waals surface area contributed by atoms with Gasteiger partial charge >= 0.3 is 12.3 Å². The maximum absolute atomic E-state index is 12.2. The van der Waals surface area contributed by atoms with Crippen molar-refractivity contribution < 1.29 is 27.8 Å². The Bertz CT molecular complexity index is 1190. The minimum atomic E-state index is -4.65. The fourth-order valence-electron chi connectivity index (χ4n) is 4.74. The van der Waals surface area contributed by atoms with Crippen LogP contribution in [0.5, 0.6) is 5.75 Å². The van der Waals surface area contributed by atoms with Crippen molar-refractivity contribution in [3.8, 4) is 5.75 Å². The number of fused-ring (bicyclic) bond motifs is 2. The van der Waals surface area contributed by atoms with Crippen molar-refractivity contribution in [3.63, 3.8) is 0 Å². The van der Waals surface area contributed by atoms with Gasteiger partial charge in [-0.3, -0.25) is 0 Å². The number of carboxylic acids is 1. The number of likely N-dealkylation sites (tertiary alicyclic amines) is 1. The van der Waals surface area contributed by atoms with E-state index in [0.29, 0.717) is 24.0 Å². The number of carbonyl (C=O) groups is 1. The average molecular weight is 501 g/mol. The number of ether oxygens (including phenoxy) is 1. The lowest BCUT2D eigenvalue weighted by molar-refractivity contribution is -0.274. The third-order valence-corrected chi connectivity index (χ3v) is 6.71. The van der Waals surface area contributed by atoms with Gasteiger partial charge in [-0.1, -0.05) is 47.9 Å². The first kappa shape index (κ1) is 25.9. The first-order valence-corrected chi connectivity index (χ1v) is 11.9. The van der Waals surface area contributed by atoms with Crippen LogP contribution in [-0.4, -0.2) is 53.0 Å². The number of carboxylic acid groups (broad SMARTS) is 1. The van der Waals surface area contributed by atoms with Crippen molar-refractivity contribution in [1.82, 2.24) is 9.88 Å². The van der Waals surface area contributed by atoms with E-state index in [2.05, 4.69) is 33.8 Å². The largest absolute Gasteiger partial charge is 0.658 e. The topological polar surface area (TPSA) is 76.8 Å². The second-order valence-corrected chi connectivity index (χ2v) is 9.49. The molecule has 5 rings (SSSR count). The number of aromatic nitrogens is 1. The monoisotopic (exact) mass is 500 g/mol. The van der Waals surface area contributed by atoms with Crippen molar-refractivity contribution in [2.24, 2.45) is 17.8 Å². The summed E-state index contributed by atoms with van der Waals surface area (Å²) in [6.45, 7) is 8.03. The van der Waals surface area contributed by atoms with Gasteiger partial charge in [0, 0.05) is 24.5 Å². The lowest BCUT2D eigenvalue weighted by Gasteiger charge is -2.26. The quantitative estimate of drug-likeness (QED) is 0.432. The molecule has 2 aromatic carbocycles. The number of nitrogens with zero attached hydrogens (tertiary/aromatic N) is 3. The van der Waals surface area contributed by atoms with Crippen LogP contribution in [-0.2, 0) is 6.54 Å². The molecule has 6 nitrogen and oxygen atoms in total. The summed E-state index contributed by atoms with van der Waals surface area (Å²) < 4.78 is 40.6. The first-order valence-electron chi connectivity index (χ1n) is 11.9. The zero-order chi connectivity index (χ0) is 25.9. The van der Waals surface area contributed by atoms with E-state index in [1.165, 1.54) is 18.2 Å². The maximum atomic E-state index is 12.2. The number of para-hydroxylation sites is 1. The summed E-state index contributed by atoms with van der Waals surface area (Å²) in [6, 6.07) is 17.3. The van der Waals surface area contributed by atoms with E-state index in [-0.39, 0.29) is 11.4 Å². The Morgan fingerprint density at radius 2 is 1.83 bits per heavy atom. The highest BCUT2D eigenvalue weighted by atomic mass is 19.4. The van der Waals surface area contributed by atoms with Crippen LogP contribution in [0, 0.1) is 17.8 Å². The molecule has 0 radical (unpaired) electrons. The molecule has 1 aliphatic heterocycles. The van der Waals surface area contributed by atoms with Crippen LogP contribution >= 0.6 is 0 Å². The molecule has 1 saturated heterocycles. The number of aromatic carboxylic acids is 1. The van der Waals surface area contributed by atoms with Gasteiger partial charge in [-0.2, -0.15) is 0 Å². The fourth-order valence-corrected chi connectivity index (χ4v) is 4.74. The summed E-state index contributed by atoms with van der Waals surface area (Å²) in [5, 5.41) is 14.2. The smallest absolute Gasteiger partial charge is 0.573 e. The molecule has 2 unspecified atom stereocenters. The lowest BCUT2D eigenvalue weighted by atomic mass is 10.2. The summed E-state index contributed by atoms with van der Waals surface area (Å²) in [4.78, 5) is 17.1. The van der Waals surface area contributed by atoms with E-state index in [1.54, 1.807) is 24.3 Å². The molecule has 36 heavy (non-hydrogen) atoms. The normalized spacial score (nSPS) is 21.1. The number of pyridine rings is 1. The van der Waals surface area contributed by atoms with Crippen molar-refractivity contribution in [3.05, 3.63) is 77.2 Å². The van der Waals surface area contributed by atoms with Gasteiger partial charge in [0.1, 0.15) is 11.4 Å². The molecule has 2 fully saturated rings. The van der Waals surface area contributed by atoms with Gasteiger partial charge in [-0.05, 0) is 49.9 Å². The minimum Gasteiger partial charge on any atom is -0.658 e. The number of hydrogen-bond donors (Lipinski definition) is 1. The average Bonchev–Trinajstić information content (AvgIpc) is 3.26. The van der Waals surface area contributed by atoms with Gasteiger partial charge in [0.25, 0.3) is 0 Å². The van der Waals surface area contributed by atoms with Crippen LogP contribution in [0.4, 0.5) is 13.2 Å². The van der Waals surface area contributed by atoms with E-state index in [1.807, 2.05) is 18.2 Å². The Morgan fingerprint density at radius 3 is 2.50 bits per heavy atom. The van der Waals surface area contributed by atoms with Crippen molar-refractivity contribution in [2.45, 2.75) is 32.8 Å². The zero-order valence-corrected chi connectivity index (χ0v) is 20.2. The van der Waals surface area contributed by atoms with Crippen LogP contribution in [0.2, 0.25) is 0 Å². The van der Waals surface area contributed by atoms with E-state index in [0.717, 1.165) is 42.4 Å². The van der Waals surface area contributed by atoms with Crippen LogP contribution in [0.3, 0.4) is 0 Å². The third kappa shape index (κ3) is 6.73. The summed E-state index contributed by atoms with van der Waals surface area (Å²) in [6.07, 6.45) is -4.65. The molecule has 192 valence electrons. The van der Waals surface area contributed by atoms with Gasteiger partial charge < -0.3 is 20.1 Å². The number of alkyl halides is 3. The summed E-state index contributed by atoms with van der Waals surface area (Å²) >= 11 is 0. The Labute approximate surface area is 208 Å². The highest BCUT2D eigenvalue weighted by molar-refractivity contribution is 5.89. The lowest BCUT2D eigenvalue weighted by Crippen LogP contribution is -2.31. The second kappa shape index (κ2) is 10.8. The van der Waals surface area contributed by atoms with Gasteiger partial charge in [-0.25, -0.2) is 9.78 Å². The zero-order valence-electron chi connectivity index (χ0n) is 20.2. The van der Waals surface area contributed by atoms with Gasteiger partial charge in [-0.15, -0.1) is 26.3 Å². The molecule has 0 spiro atoms. The fraction of sp³-hybridized carbons (Fsp3) is 0.407. The maximum Gasteiger partial charge on any atom is 0.573 e. The summed E-state index contributed by atoms with van der Waals surface area (Å²) in [7, 11) is 0. The summed E-state index contributed by atoms with van der Waals surface area (Å²) in [5.41, 5.74) is 1.54. The van der Waals surface area contributed by atoms with Crippen molar-refractivity contribution in [2.75, 3.05) is 19.6 Å². The molecule has 1 saturated carbocycles. The first-order chi connectivity index (χ1) is 17.1. The highest BCUT2D eigenvalue weighted by Crippen LogP contribution is 2.52. The predicted molar refractivity (Wildman–Crippen MR) is 131 cm³/mol. The number of rotatable bonds is 7. The standard InChI is InChI=1S/C17H22F3N2O.C10H7NO2/c1-11(2)22-9-15-14(16(15)10-22)8-21-7-12-4-3-5-13(6-12)23-17(18,19)20;12-10(13)9-6-5-7-3-1-2-4-8(7)11-9/h3-6,11,14-16H,7-10H2,1-2H3;1-6H,(H,12,13)/q-1;. The Kier molecular flexibility index (Phi) is 7.80. The number of halogens is 3. The van der Waals surface area contributed by atoms with Gasteiger partial charge in [0.15, 0.2) is 0 Å². The van der Waals surface area contributed by atoms with Crippen LogP contribution < -0.4 is 4.74 Å². The van der Waals surface area contributed by atoms with Gasteiger partial charge in [0.05, 0.1) is 5.52 Å². The molecular formula is C27H29F3N3O3-. The number of hydrogen-bond acceptors (Lipinski definition) is 4. The molecule has 1 N–H and O–H groups in total. The van der Waals surface area contributed by atoms with E-state index in [9.17, 15) is 18.0 Å². The second-order valence-electron chi connectivity index (χ2n) is 9.49. The van der Waals surface area contributed by atoms with Crippen molar-refractivity contribution in [1.29, 1.82) is 0 Å². The molecule has 9 heteroatoms. The molecule has 2 atom stereocenters. The number of piperidine rings is 1. The molecule has 0 amide bonds. The molecule has 2 aliphatic rings. The molecule has 1 aromatic heterocycles. The SMILES string of the molecule is CC(C)N1CC2C(C[N-]Cc3cccc(OC(F)(F)F)c3)C2C1.O=C(O)c1ccc2ccccc2n1. The molecular weight excluding hydrogens is 471 g/mol.